The summed E-state index contributed by atoms with van der Waals surface area (Å²) in [6.45, 7) is 12.1. The van der Waals surface area contributed by atoms with Crippen molar-refractivity contribution in [2.24, 2.45) is 0 Å². The van der Waals surface area contributed by atoms with Gasteiger partial charge in [0.05, 0.1) is 12.3 Å². The highest BCUT2D eigenvalue weighted by Crippen LogP contribution is 2.39. The van der Waals surface area contributed by atoms with Crippen LogP contribution in [0.25, 0.3) is 4.85 Å². The van der Waals surface area contributed by atoms with E-state index in [-0.39, 0.29) is 22.4 Å². The van der Waals surface area contributed by atoms with Crippen LogP contribution in [-0.4, -0.2) is 29.5 Å². The number of nitrogens with zero attached hydrogens (tertiary/aromatic N) is 3. The maximum absolute atomic E-state index is 14.8. The number of carbonyl (C=O) groups is 2. The largest absolute Gasteiger partial charge is 0.359 e. The number of thiocarbonyl (C=S) groups is 1. The molecule has 1 fully saturated rings. The van der Waals surface area contributed by atoms with Crippen LogP contribution in [0.15, 0.2) is 30.3 Å². The maximum Gasteiger partial charge on any atom is 0.259 e. The van der Waals surface area contributed by atoms with E-state index < -0.39 is 23.1 Å². The van der Waals surface area contributed by atoms with E-state index in [4.69, 9.17) is 18.8 Å². The summed E-state index contributed by atoms with van der Waals surface area (Å²) in [5.41, 5.74) is 0.243. The average molecular weight is 471 g/mol. The van der Waals surface area contributed by atoms with Crippen LogP contribution in [0.1, 0.15) is 37.8 Å². The molecule has 2 aromatic carbocycles. The molecule has 0 radical (unpaired) electrons. The Balaban J connectivity index is 1.93. The van der Waals surface area contributed by atoms with E-state index in [9.17, 15) is 18.4 Å². The molecule has 1 N–H and O–H groups in total. The zero-order chi connectivity index (χ0) is 24.5. The molecule has 6 nitrogen and oxygen atoms in total. The summed E-state index contributed by atoms with van der Waals surface area (Å²) in [6, 6.07) is 7.06. The molecule has 1 aliphatic rings. The standard InChI is InChI=1S/C24H24F2N4O2S/c1-14-11-20(18(26)13-19(14)27-4)29-22(32)24(2,3)30(23(29)33)16-10-9-15(17(25)12-16)7-6-8-21(31)28-5/h9-13H,6-8H2,1-3,5H3,(H,28,31). The Hall–Kier alpha value is -3.38. The van der Waals surface area contributed by atoms with E-state index in [0.29, 0.717) is 36.1 Å². The molecule has 9 heteroatoms. The van der Waals surface area contributed by atoms with Crippen LogP contribution in [0.2, 0.25) is 0 Å². The SMILES string of the molecule is [C-]#[N+]c1cc(F)c(N2C(=O)C(C)(C)N(c3ccc(CCCC(=O)NC)c(F)c3)C2=S)cc1C. The number of nitrogens with one attached hydrogen (secondary N) is 1. The Morgan fingerprint density at radius 1 is 1.21 bits per heavy atom. The monoisotopic (exact) mass is 470 g/mol. The van der Waals surface area contributed by atoms with Gasteiger partial charge in [-0.2, -0.15) is 0 Å². The highest BCUT2D eigenvalue weighted by atomic mass is 32.1. The second-order valence-corrected chi connectivity index (χ2v) is 8.69. The zero-order valence-electron chi connectivity index (χ0n) is 18.8. The lowest BCUT2D eigenvalue weighted by Gasteiger charge is -2.29. The van der Waals surface area contributed by atoms with Gasteiger partial charge in [0, 0.05) is 19.2 Å². The Morgan fingerprint density at radius 2 is 1.91 bits per heavy atom. The topological polar surface area (TPSA) is 57.0 Å². The predicted octanol–water partition coefficient (Wildman–Crippen LogP) is 4.81. The normalized spacial score (nSPS) is 15.1. The summed E-state index contributed by atoms with van der Waals surface area (Å²) >= 11 is 5.54. The van der Waals surface area contributed by atoms with Crippen molar-refractivity contribution in [2.45, 2.75) is 45.6 Å². The third-order valence-electron chi connectivity index (χ3n) is 5.72. The van der Waals surface area contributed by atoms with Gasteiger partial charge in [0.1, 0.15) is 17.2 Å². The first-order chi connectivity index (χ1) is 15.5. The minimum absolute atomic E-state index is 0.0191. The van der Waals surface area contributed by atoms with Crippen molar-refractivity contribution in [1.82, 2.24) is 5.32 Å². The second kappa shape index (κ2) is 9.24. The third-order valence-corrected chi connectivity index (χ3v) is 6.08. The molecule has 0 saturated carbocycles. The molecular formula is C24H24F2N4O2S. The maximum atomic E-state index is 14.8. The number of aryl methyl sites for hydroxylation is 2. The Kier molecular flexibility index (Phi) is 6.79. The smallest absolute Gasteiger partial charge is 0.259 e. The third kappa shape index (κ3) is 4.44. The highest BCUT2D eigenvalue weighted by Gasteiger charge is 2.51. The van der Waals surface area contributed by atoms with Crippen LogP contribution in [0, 0.1) is 25.1 Å². The number of benzene rings is 2. The number of halogens is 2. The van der Waals surface area contributed by atoms with Gasteiger partial charge in [-0.3, -0.25) is 14.5 Å². The summed E-state index contributed by atoms with van der Waals surface area (Å²) in [5, 5.41) is 2.55. The first kappa shape index (κ1) is 24.3. The summed E-state index contributed by atoms with van der Waals surface area (Å²) < 4.78 is 29.7. The fourth-order valence-electron chi connectivity index (χ4n) is 3.83. The lowest BCUT2D eigenvalue weighted by Crippen LogP contribution is -2.44. The molecule has 2 aromatic rings. The summed E-state index contributed by atoms with van der Waals surface area (Å²) in [5.74, 6) is -1.78. The number of amides is 2. The number of carbonyl (C=O) groups excluding carboxylic acids is 2. The van der Waals surface area contributed by atoms with Crippen molar-refractivity contribution in [3.05, 3.63) is 64.5 Å². The number of hydrogen-bond donors (Lipinski definition) is 1. The fourth-order valence-corrected chi connectivity index (χ4v) is 4.35. The lowest BCUT2D eigenvalue weighted by molar-refractivity contribution is -0.121. The van der Waals surface area contributed by atoms with E-state index in [0.717, 1.165) is 11.0 Å². The zero-order valence-corrected chi connectivity index (χ0v) is 19.6. The lowest BCUT2D eigenvalue weighted by atomic mass is 10.0. The molecule has 0 unspecified atom stereocenters. The van der Waals surface area contributed by atoms with Crippen molar-refractivity contribution < 1.29 is 18.4 Å². The van der Waals surface area contributed by atoms with Gasteiger partial charge < -0.3 is 10.2 Å². The van der Waals surface area contributed by atoms with Crippen LogP contribution in [0.5, 0.6) is 0 Å². The molecule has 0 spiro atoms. The van der Waals surface area contributed by atoms with Gasteiger partial charge in [-0.15, -0.1) is 0 Å². The fraction of sp³-hybridized carbons (Fsp3) is 0.333. The van der Waals surface area contributed by atoms with Gasteiger partial charge in [-0.1, -0.05) is 6.07 Å². The summed E-state index contributed by atoms with van der Waals surface area (Å²) in [7, 11) is 1.55. The van der Waals surface area contributed by atoms with Gasteiger partial charge in [0.2, 0.25) is 5.91 Å². The van der Waals surface area contributed by atoms with Crippen molar-refractivity contribution in [1.29, 1.82) is 0 Å². The van der Waals surface area contributed by atoms with Crippen LogP contribution in [-0.2, 0) is 16.0 Å². The minimum Gasteiger partial charge on any atom is -0.359 e. The molecule has 2 amide bonds. The molecule has 1 saturated heterocycles. The Bertz CT molecular complexity index is 1190. The molecule has 0 bridgehead atoms. The van der Waals surface area contributed by atoms with Gasteiger partial charge in [-0.05, 0) is 81.2 Å². The molecular weight excluding hydrogens is 446 g/mol. The highest BCUT2D eigenvalue weighted by molar-refractivity contribution is 7.81. The second-order valence-electron chi connectivity index (χ2n) is 8.32. The van der Waals surface area contributed by atoms with Gasteiger partial charge >= 0.3 is 0 Å². The Morgan fingerprint density at radius 3 is 2.52 bits per heavy atom. The molecule has 1 aliphatic heterocycles. The van der Waals surface area contributed by atoms with Crippen molar-refractivity contribution in [3.63, 3.8) is 0 Å². The number of hydrogen-bond acceptors (Lipinski definition) is 3. The predicted molar refractivity (Wildman–Crippen MR) is 127 cm³/mol. The van der Waals surface area contributed by atoms with Crippen LogP contribution < -0.4 is 15.1 Å². The molecule has 3 rings (SSSR count). The van der Waals surface area contributed by atoms with E-state index in [1.807, 2.05) is 0 Å². The van der Waals surface area contributed by atoms with Gasteiger partial charge in [-0.25, -0.2) is 13.6 Å². The van der Waals surface area contributed by atoms with E-state index in [1.54, 1.807) is 40.0 Å². The van der Waals surface area contributed by atoms with Crippen molar-refractivity contribution >= 4 is 46.2 Å². The van der Waals surface area contributed by atoms with Crippen LogP contribution in [0.3, 0.4) is 0 Å². The van der Waals surface area contributed by atoms with Gasteiger partial charge in [0.25, 0.3) is 5.91 Å². The van der Waals surface area contributed by atoms with E-state index in [2.05, 4.69) is 10.2 Å². The van der Waals surface area contributed by atoms with Crippen molar-refractivity contribution in [3.8, 4) is 0 Å². The minimum atomic E-state index is -1.19. The van der Waals surface area contributed by atoms with E-state index >= 15 is 0 Å². The van der Waals surface area contributed by atoms with Gasteiger partial charge in [0.15, 0.2) is 10.8 Å². The molecule has 1 heterocycles. The first-order valence-corrected chi connectivity index (χ1v) is 10.8. The number of anilines is 2. The summed E-state index contributed by atoms with van der Waals surface area (Å²) in [4.78, 5) is 30.5. The average Bonchev–Trinajstić information content (AvgIpc) is 2.94. The number of rotatable bonds is 6. The quantitative estimate of drug-likeness (QED) is 0.486. The van der Waals surface area contributed by atoms with Crippen molar-refractivity contribution in [2.75, 3.05) is 16.8 Å². The Labute approximate surface area is 197 Å². The molecule has 33 heavy (non-hydrogen) atoms. The molecule has 0 aliphatic carbocycles. The van der Waals surface area contributed by atoms with E-state index in [1.165, 1.54) is 17.0 Å². The van der Waals surface area contributed by atoms with Crippen LogP contribution >= 0.6 is 12.2 Å². The molecule has 172 valence electrons. The van der Waals surface area contributed by atoms with Crippen LogP contribution in [0.4, 0.5) is 25.8 Å². The summed E-state index contributed by atoms with van der Waals surface area (Å²) in [6.07, 6.45) is 1.17. The molecule has 0 atom stereocenters. The first-order valence-electron chi connectivity index (χ1n) is 10.4. The molecule has 0 aromatic heterocycles.